The van der Waals surface area contributed by atoms with Gasteiger partial charge in [-0.25, -0.2) is 13.1 Å². The van der Waals surface area contributed by atoms with Gasteiger partial charge in [0.15, 0.2) is 0 Å². The number of amides is 1. The number of nitrogens with one attached hydrogen (secondary N) is 2. The molecule has 6 heteroatoms. The Morgan fingerprint density at radius 3 is 1.76 bits per heavy atom. The molecule has 0 aliphatic heterocycles. The summed E-state index contributed by atoms with van der Waals surface area (Å²) in [5.41, 5.74) is 2.74. The Labute approximate surface area is 175 Å². The van der Waals surface area contributed by atoms with Crippen molar-refractivity contribution in [3.63, 3.8) is 0 Å². The Balaban J connectivity index is 2.18. The van der Waals surface area contributed by atoms with Crippen LogP contribution in [0.25, 0.3) is 0 Å². The molecule has 0 bridgehead atoms. The Hall–Kier alpha value is -2.18. The molecule has 2 N–H and O–H groups in total. The summed E-state index contributed by atoms with van der Waals surface area (Å²) in [6.45, 7) is 12.0. The van der Waals surface area contributed by atoms with Crippen molar-refractivity contribution >= 4 is 15.9 Å². The van der Waals surface area contributed by atoms with Crippen LogP contribution in [0.1, 0.15) is 75.0 Å². The van der Waals surface area contributed by atoms with E-state index in [0.717, 1.165) is 5.56 Å². The van der Waals surface area contributed by atoms with E-state index in [1.807, 2.05) is 0 Å². The van der Waals surface area contributed by atoms with E-state index < -0.39 is 10.0 Å². The fourth-order valence-electron chi connectivity index (χ4n) is 3.11. The van der Waals surface area contributed by atoms with E-state index in [4.69, 9.17) is 0 Å². The van der Waals surface area contributed by atoms with Crippen molar-refractivity contribution in [3.8, 4) is 0 Å². The van der Waals surface area contributed by atoms with Gasteiger partial charge in [0.05, 0.1) is 10.9 Å². The predicted molar refractivity (Wildman–Crippen MR) is 117 cm³/mol. The second-order valence-electron chi connectivity index (χ2n) is 8.32. The van der Waals surface area contributed by atoms with E-state index in [9.17, 15) is 13.2 Å². The first-order chi connectivity index (χ1) is 13.5. The van der Waals surface area contributed by atoms with E-state index in [2.05, 4.69) is 62.0 Å². The van der Waals surface area contributed by atoms with Crippen molar-refractivity contribution in [2.75, 3.05) is 0 Å². The summed E-state index contributed by atoms with van der Waals surface area (Å²) in [5.74, 6) is 0.437. The molecule has 0 saturated carbocycles. The van der Waals surface area contributed by atoms with Crippen LogP contribution in [-0.2, 0) is 10.0 Å². The SMILES string of the molecule is CC(C)NS(=O)(=O)c1ccc(C(=O)NC(c2ccc(C(C)C)cc2)C(C)C)cc1. The van der Waals surface area contributed by atoms with Crippen LogP contribution in [-0.4, -0.2) is 20.4 Å². The maximum atomic E-state index is 12.8. The average molecular weight is 417 g/mol. The zero-order valence-electron chi connectivity index (χ0n) is 18.1. The van der Waals surface area contributed by atoms with Crippen molar-refractivity contribution < 1.29 is 13.2 Å². The van der Waals surface area contributed by atoms with Gasteiger partial charge in [0.25, 0.3) is 5.91 Å². The van der Waals surface area contributed by atoms with Crippen molar-refractivity contribution in [2.24, 2.45) is 5.92 Å². The molecule has 0 aliphatic rings. The van der Waals surface area contributed by atoms with E-state index in [1.165, 1.54) is 17.7 Å². The van der Waals surface area contributed by atoms with Crippen LogP contribution in [0, 0.1) is 5.92 Å². The minimum Gasteiger partial charge on any atom is -0.345 e. The van der Waals surface area contributed by atoms with Gasteiger partial charge in [-0.1, -0.05) is 52.0 Å². The molecule has 2 aromatic rings. The monoisotopic (exact) mass is 416 g/mol. The molecule has 1 unspecified atom stereocenters. The van der Waals surface area contributed by atoms with Crippen LogP contribution in [0.2, 0.25) is 0 Å². The molecule has 0 spiro atoms. The quantitative estimate of drug-likeness (QED) is 0.659. The summed E-state index contributed by atoms with van der Waals surface area (Å²) in [7, 11) is -3.57. The van der Waals surface area contributed by atoms with Crippen molar-refractivity contribution in [2.45, 2.75) is 64.4 Å². The summed E-state index contributed by atoms with van der Waals surface area (Å²) in [6, 6.07) is 14.0. The molecule has 0 radical (unpaired) electrons. The van der Waals surface area contributed by atoms with Crippen molar-refractivity contribution in [1.29, 1.82) is 0 Å². The Morgan fingerprint density at radius 2 is 1.31 bits per heavy atom. The van der Waals surface area contributed by atoms with Gasteiger partial charge in [0.2, 0.25) is 10.0 Å². The molecule has 2 aromatic carbocycles. The molecule has 158 valence electrons. The first kappa shape index (κ1) is 23.1. The highest BCUT2D eigenvalue weighted by Crippen LogP contribution is 2.24. The van der Waals surface area contributed by atoms with E-state index in [0.29, 0.717) is 11.5 Å². The highest BCUT2D eigenvalue weighted by atomic mass is 32.2. The topological polar surface area (TPSA) is 75.3 Å². The number of carbonyl (C=O) groups excluding carboxylic acids is 1. The Bertz CT molecular complexity index is 916. The van der Waals surface area contributed by atoms with Gasteiger partial charge in [-0.2, -0.15) is 0 Å². The van der Waals surface area contributed by atoms with E-state index in [-0.39, 0.29) is 28.8 Å². The average Bonchev–Trinajstić information content (AvgIpc) is 2.65. The lowest BCUT2D eigenvalue weighted by molar-refractivity contribution is 0.0925. The Kier molecular flexibility index (Phi) is 7.60. The van der Waals surface area contributed by atoms with Crippen molar-refractivity contribution in [1.82, 2.24) is 10.0 Å². The lowest BCUT2D eigenvalue weighted by Gasteiger charge is -2.23. The van der Waals surface area contributed by atoms with Gasteiger partial charge < -0.3 is 5.32 Å². The summed E-state index contributed by atoms with van der Waals surface area (Å²) >= 11 is 0. The molecule has 0 fully saturated rings. The summed E-state index contributed by atoms with van der Waals surface area (Å²) in [4.78, 5) is 12.9. The standard InChI is InChI=1S/C23H32N2O3S/c1-15(2)18-7-9-19(10-8-18)22(16(3)4)24-23(26)20-11-13-21(14-12-20)29(27,28)25-17(5)6/h7-17,22,25H,1-6H3,(H,24,26). The second-order valence-corrected chi connectivity index (χ2v) is 10.0. The Morgan fingerprint density at radius 1 is 0.793 bits per heavy atom. The van der Waals surface area contributed by atoms with E-state index in [1.54, 1.807) is 26.0 Å². The van der Waals surface area contributed by atoms with Gasteiger partial charge in [-0.05, 0) is 61.1 Å². The zero-order chi connectivity index (χ0) is 21.8. The van der Waals surface area contributed by atoms with Gasteiger partial charge in [-0.15, -0.1) is 0 Å². The first-order valence-corrected chi connectivity index (χ1v) is 11.5. The molecule has 5 nitrogen and oxygen atoms in total. The van der Waals surface area contributed by atoms with E-state index >= 15 is 0 Å². The number of carbonyl (C=O) groups is 1. The third-order valence-corrected chi connectivity index (χ3v) is 6.41. The number of sulfonamides is 1. The van der Waals surface area contributed by atoms with Crippen LogP contribution < -0.4 is 10.0 Å². The normalized spacial score (nSPS) is 13.1. The molecule has 0 aliphatic carbocycles. The van der Waals surface area contributed by atoms with Crippen LogP contribution in [0.15, 0.2) is 53.4 Å². The third kappa shape index (κ3) is 6.15. The van der Waals surface area contributed by atoms with Crippen molar-refractivity contribution in [3.05, 3.63) is 65.2 Å². The summed E-state index contributed by atoms with van der Waals surface area (Å²) in [6.07, 6.45) is 0. The maximum Gasteiger partial charge on any atom is 0.251 e. The zero-order valence-corrected chi connectivity index (χ0v) is 18.9. The molecular weight excluding hydrogens is 384 g/mol. The maximum absolute atomic E-state index is 12.8. The highest BCUT2D eigenvalue weighted by molar-refractivity contribution is 7.89. The molecule has 0 saturated heterocycles. The molecule has 2 rings (SSSR count). The predicted octanol–water partition coefficient (Wildman–Crippen LogP) is 4.62. The molecule has 0 heterocycles. The molecule has 0 aromatic heterocycles. The fourth-order valence-corrected chi connectivity index (χ4v) is 4.36. The van der Waals surface area contributed by atoms with Crippen LogP contribution in [0.5, 0.6) is 0 Å². The van der Waals surface area contributed by atoms with Crippen LogP contribution >= 0.6 is 0 Å². The van der Waals surface area contributed by atoms with Crippen LogP contribution in [0.4, 0.5) is 0 Å². The molecule has 1 atom stereocenters. The van der Waals surface area contributed by atoms with Gasteiger partial charge in [0, 0.05) is 11.6 Å². The molecule has 29 heavy (non-hydrogen) atoms. The number of rotatable bonds is 8. The second kappa shape index (κ2) is 9.55. The molecular formula is C23H32N2O3S. The van der Waals surface area contributed by atoms with Crippen LogP contribution in [0.3, 0.4) is 0 Å². The lowest BCUT2D eigenvalue weighted by atomic mass is 9.93. The summed E-state index contributed by atoms with van der Waals surface area (Å²) in [5, 5.41) is 3.08. The highest BCUT2D eigenvalue weighted by Gasteiger charge is 2.20. The first-order valence-electron chi connectivity index (χ1n) is 10.0. The minimum absolute atomic E-state index is 0.130. The number of hydrogen-bond acceptors (Lipinski definition) is 3. The minimum atomic E-state index is -3.57. The smallest absolute Gasteiger partial charge is 0.251 e. The third-order valence-electron chi connectivity index (χ3n) is 4.73. The lowest BCUT2D eigenvalue weighted by Crippen LogP contribution is -2.32. The molecule has 1 amide bonds. The summed E-state index contributed by atoms with van der Waals surface area (Å²) < 4.78 is 27.0. The number of hydrogen-bond donors (Lipinski definition) is 2. The number of benzene rings is 2. The van der Waals surface area contributed by atoms with Gasteiger partial charge >= 0.3 is 0 Å². The van der Waals surface area contributed by atoms with Gasteiger partial charge in [0.1, 0.15) is 0 Å². The van der Waals surface area contributed by atoms with Gasteiger partial charge in [-0.3, -0.25) is 4.79 Å². The largest absolute Gasteiger partial charge is 0.345 e. The fraction of sp³-hybridized carbons (Fsp3) is 0.435.